The van der Waals surface area contributed by atoms with Crippen LogP contribution in [-0.2, 0) is 30.4 Å². The second-order valence-corrected chi connectivity index (χ2v) is 7.84. The van der Waals surface area contributed by atoms with Crippen molar-refractivity contribution >= 4 is 23.2 Å². The van der Waals surface area contributed by atoms with Crippen LogP contribution in [0.4, 0.5) is 34.8 Å². The molecule has 14 heteroatoms. The molecule has 1 aromatic heterocycles. The Morgan fingerprint density at radius 2 is 1.76 bits per heavy atom. The van der Waals surface area contributed by atoms with Gasteiger partial charge in [0.15, 0.2) is 11.5 Å². The number of nitrogens with zero attached hydrogens (tertiary/aromatic N) is 5. The molecule has 4 rings (SSSR count). The first-order valence-corrected chi connectivity index (χ1v) is 10.3. The molecule has 1 aromatic carbocycles. The Kier molecular flexibility index (Phi) is 6.12. The minimum atomic E-state index is -5.34. The second kappa shape index (κ2) is 8.76. The summed E-state index contributed by atoms with van der Waals surface area (Å²) in [6.45, 7) is 0.611. The van der Waals surface area contributed by atoms with Crippen molar-refractivity contribution in [1.82, 2.24) is 19.4 Å². The molecule has 2 aromatic rings. The minimum absolute atomic E-state index is 0.161. The van der Waals surface area contributed by atoms with Gasteiger partial charge in [-0.25, -0.2) is 14.0 Å². The smallest absolute Gasteiger partial charge is 0.327 e. The van der Waals surface area contributed by atoms with Crippen LogP contribution in [0.3, 0.4) is 0 Å². The summed E-state index contributed by atoms with van der Waals surface area (Å²) < 4.78 is 55.2. The number of fused-ring (bicyclic) bond motifs is 1. The van der Waals surface area contributed by atoms with Crippen molar-refractivity contribution in [1.29, 1.82) is 0 Å². The molecule has 1 unspecified atom stereocenters. The van der Waals surface area contributed by atoms with Gasteiger partial charge < -0.3 is 10.2 Å². The van der Waals surface area contributed by atoms with Gasteiger partial charge in [0.1, 0.15) is 6.67 Å². The molecule has 0 bridgehead atoms. The quantitative estimate of drug-likeness (QED) is 0.633. The number of halogens is 4. The molecule has 0 saturated carbocycles. The monoisotopic (exact) mass is 486 g/mol. The van der Waals surface area contributed by atoms with Gasteiger partial charge in [0.25, 0.3) is 5.56 Å². The molecule has 1 atom stereocenters. The summed E-state index contributed by atoms with van der Waals surface area (Å²) in [5.74, 6) is -2.87. The third kappa shape index (κ3) is 3.81. The molecule has 1 fully saturated rings. The highest BCUT2D eigenvalue weighted by Gasteiger charge is 2.51. The van der Waals surface area contributed by atoms with Gasteiger partial charge >= 0.3 is 17.8 Å². The molecule has 10 nitrogen and oxygen atoms in total. The second-order valence-electron chi connectivity index (χ2n) is 7.84. The van der Waals surface area contributed by atoms with Crippen molar-refractivity contribution < 1.29 is 27.2 Å². The van der Waals surface area contributed by atoms with E-state index in [9.17, 15) is 31.9 Å². The van der Waals surface area contributed by atoms with Crippen molar-refractivity contribution in [3.05, 3.63) is 50.7 Å². The van der Waals surface area contributed by atoms with Crippen LogP contribution in [0.1, 0.15) is 5.56 Å². The van der Waals surface area contributed by atoms with Crippen LogP contribution in [0.2, 0.25) is 0 Å². The predicted molar refractivity (Wildman–Crippen MR) is 113 cm³/mol. The number of aromatic nitrogens is 2. The number of carbonyl (C=O) groups is 1. The molecule has 0 radical (unpaired) electrons. The largest absolute Gasteiger partial charge is 0.493 e. The first-order valence-electron chi connectivity index (χ1n) is 10.3. The summed E-state index contributed by atoms with van der Waals surface area (Å²) >= 11 is 0. The van der Waals surface area contributed by atoms with Crippen LogP contribution in [-0.4, -0.2) is 58.6 Å². The number of para-hydroxylation sites is 1. The van der Waals surface area contributed by atoms with E-state index < -0.39 is 36.4 Å². The predicted octanol–water partition coefficient (Wildman–Crippen LogP) is 0.721. The van der Waals surface area contributed by atoms with Gasteiger partial charge in [0, 0.05) is 45.8 Å². The highest BCUT2D eigenvalue weighted by atomic mass is 19.4. The fourth-order valence-corrected chi connectivity index (χ4v) is 4.17. The summed E-state index contributed by atoms with van der Waals surface area (Å²) in [7, 11) is 2.46. The van der Waals surface area contributed by atoms with E-state index in [-0.39, 0.29) is 22.8 Å². The molecule has 184 valence electrons. The average Bonchev–Trinajstić information content (AvgIpc) is 3.15. The molecule has 1 saturated heterocycles. The maximum atomic E-state index is 13.9. The van der Waals surface area contributed by atoms with Crippen LogP contribution in [0.5, 0.6) is 0 Å². The molecule has 0 amide bonds. The zero-order valence-electron chi connectivity index (χ0n) is 18.3. The molecule has 1 N–H and O–H groups in total. The van der Waals surface area contributed by atoms with Crippen LogP contribution in [0.25, 0.3) is 0 Å². The lowest BCUT2D eigenvalue weighted by atomic mass is 10.1. The van der Waals surface area contributed by atoms with Gasteiger partial charge in [0.05, 0.1) is 5.69 Å². The topological polar surface area (TPSA) is 92.1 Å². The van der Waals surface area contributed by atoms with E-state index in [2.05, 4.69) is 5.32 Å². The molecular formula is C20H22F4N6O4. The van der Waals surface area contributed by atoms with Crippen molar-refractivity contribution in [2.24, 2.45) is 14.1 Å². The molecule has 0 spiro atoms. The highest BCUT2D eigenvalue weighted by molar-refractivity contribution is 5.84. The number of rotatable bonds is 4. The summed E-state index contributed by atoms with van der Waals surface area (Å²) in [5, 5.41) is 3.73. The van der Waals surface area contributed by atoms with E-state index in [4.69, 9.17) is 4.84 Å². The van der Waals surface area contributed by atoms with Crippen LogP contribution in [0, 0.1) is 0 Å². The number of hydroxylamine groups is 1. The normalized spacial score (nSPS) is 18.8. The maximum absolute atomic E-state index is 13.9. The standard InChI is InChI=1S/C20H22F4N6O4/c1-26-15-14(16(31)27(2)19(26)33)29(13-6-4-3-5-12(13)11-21)18(28-9-7-25-8-10-28)30(15)34-17(32)20(22,23)24/h3-6,18,25H,7-11H2,1-2H3. The SMILES string of the molecule is Cn1c2c(c(=O)n(C)c1=O)N(c1ccccc1CF)C(N1CCNCC1)N2OC(=O)C(F)(F)F. The summed E-state index contributed by atoms with van der Waals surface area (Å²) in [6, 6.07) is 6.14. The molecule has 3 heterocycles. The van der Waals surface area contributed by atoms with Crippen LogP contribution < -0.4 is 26.5 Å². The van der Waals surface area contributed by atoms with Gasteiger partial charge in [-0.05, 0) is 6.07 Å². The number of anilines is 3. The number of benzene rings is 1. The number of nitrogens with one attached hydrogen (secondary N) is 1. The summed E-state index contributed by atoms with van der Waals surface area (Å²) in [4.78, 5) is 45.6. The van der Waals surface area contributed by atoms with Gasteiger partial charge in [0.2, 0.25) is 6.29 Å². The molecular weight excluding hydrogens is 464 g/mol. The van der Waals surface area contributed by atoms with Crippen molar-refractivity contribution in [3.8, 4) is 0 Å². The maximum Gasteiger partial charge on any atom is 0.493 e. The molecule has 2 aliphatic rings. The van der Waals surface area contributed by atoms with E-state index in [1.165, 1.54) is 31.1 Å². The molecule has 0 aliphatic carbocycles. The van der Waals surface area contributed by atoms with Crippen molar-refractivity contribution in [2.45, 2.75) is 19.1 Å². The number of hydrogen-bond donors (Lipinski definition) is 1. The van der Waals surface area contributed by atoms with E-state index in [0.717, 1.165) is 9.13 Å². The van der Waals surface area contributed by atoms with Gasteiger partial charge in [-0.15, -0.1) is 5.06 Å². The lowest BCUT2D eigenvalue weighted by Gasteiger charge is -2.41. The minimum Gasteiger partial charge on any atom is -0.327 e. The number of piperazine rings is 1. The van der Waals surface area contributed by atoms with Gasteiger partial charge in [-0.3, -0.25) is 23.7 Å². The van der Waals surface area contributed by atoms with E-state index >= 15 is 0 Å². The molecule has 2 aliphatic heterocycles. The fourth-order valence-electron chi connectivity index (χ4n) is 4.17. The van der Waals surface area contributed by atoms with Gasteiger partial charge in [-0.2, -0.15) is 13.2 Å². The Morgan fingerprint density at radius 3 is 2.38 bits per heavy atom. The third-order valence-corrected chi connectivity index (χ3v) is 5.79. The Hall–Kier alpha value is -3.39. The number of alkyl halides is 4. The lowest BCUT2D eigenvalue weighted by Crippen LogP contribution is -2.60. The van der Waals surface area contributed by atoms with Crippen molar-refractivity contribution in [2.75, 3.05) is 36.1 Å². The zero-order chi connectivity index (χ0) is 24.8. The average molecular weight is 486 g/mol. The first kappa shape index (κ1) is 23.8. The van der Waals surface area contributed by atoms with Crippen LogP contribution in [0.15, 0.2) is 33.9 Å². The fraction of sp³-hybridized carbons (Fsp3) is 0.450. The highest BCUT2D eigenvalue weighted by Crippen LogP contribution is 2.44. The van der Waals surface area contributed by atoms with E-state index in [0.29, 0.717) is 31.2 Å². The molecule has 34 heavy (non-hydrogen) atoms. The van der Waals surface area contributed by atoms with Gasteiger partial charge in [-0.1, -0.05) is 18.2 Å². The number of carbonyl (C=O) groups excluding carboxylic acids is 1. The Bertz CT molecular complexity index is 1220. The number of hydrogen-bond acceptors (Lipinski definition) is 8. The Balaban J connectivity index is 2.02. The van der Waals surface area contributed by atoms with E-state index in [1.807, 2.05) is 0 Å². The lowest BCUT2D eigenvalue weighted by molar-refractivity contribution is -0.203. The first-order chi connectivity index (χ1) is 16.1. The third-order valence-electron chi connectivity index (χ3n) is 5.79. The summed E-state index contributed by atoms with van der Waals surface area (Å²) in [6.07, 6.45) is -6.62. The Labute approximate surface area is 190 Å². The Morgan fingerprint density at radius 1 is 1.12 bits per heavy atom. The van der Waals surface area contributed by atoms with Crippen LogP contribution >= 0.6 is 0 Å². The summed E-state index contributed by atoms with van der Waals surface area (Å²) in [5.41, 5.74) is -1.54. The van der Waals surface area contributed by atoms with Crippen molar-refractivity contribution in [3.63, 3.8) is 0 Å². The van der Waals surface area contributed by atoms with E-state index in [1.54, 1.807) is 17.0 Å². The zero-order valence-corrected chi connectivity index (χ0v) is 18.3.